The van der Waals surface area contributed by atoms with Gasteiger partial charge in [0.1, 0.15) is 23.9 Å². The summed E-state index contributed by atoms with van der Waals surface area (Å²) in [5.74, 6) is -1.34. The average molecular weight is 519 g/mol. The Morgan fingerprint density at radius 3 is 2.41 bits per heavy atom. The van der Waals surface area contributed by atoms with Gasteiger partial charge < -0.3 is 29.2 Å². The molecule has 1 aliphatic carbocycles. The van der Waals surface area contributed by atoms with Crippen LogP contribution in [0.1, 0.15) is 92.4 Å². The number of cyclic esters (lactones) is 1. The molecule has 2 bridgehead atoms. The van der Waals surface area contributed by atoms with Gasteiger partial charge in [-0.05, 0) is 88.9 Å². The van der Waals surface area contributed by atoms with E-state index in [1.54, 1.807) is 0 Å². The van der Waals surface area contributed by atoms with E-state index in [9.17, 15) is 15.0 Å². The summed E-state index contributed by atoms with van der Waals surface area (Å²) in [4.78, 5) is 12.0. The van der Waals surface area contributed by atoms with E-state index in [2.05, 4.69) is 27.4 Å². The Bertz CT molecular complexity index is 959. The lowest BCUT2D eigenvalue weighted by atomic mass is 9.58. The number of aliphatic hydroxyl groups excluding tert-OH is 1. The van der Waals surface area contributed by atoms with Crippen molar-refractivity contribution in [3.8, 4) is 0 Å². The molecule has 7 heteroatoms. The van der Waals surface area contributed by atoms with Crippen LogP contribution in [0, 0.1) is 23.2 Å². The van der Waals surface area contributed by atoms with Crippen LogP contribution < -0.4 is 0 Å². The molecule has 208 valence electrons. The van der Waals surface area contributed by atoms with Gasteiger partial charge in [0.05, 0.1) is 12.2 Å². The molecule has 0 aromatic rings. The molecule has 6 aliphatic rings. The zero-order chi connectivity index (χ0) is 26.9. The molecule has 1 spiro atoms. The van der Waals surface area contributed by atoms with Gasteiger partial charge in [-0.25, -0.2) is 4.79 Å². The standard InChI is InChI=1S/C30H46O7/c1-19-7-9-21(26(2,3)23(19)12-11-22-24(31)18-34-25(22)32)10-8-20-13-14-30(35-17-20)28(6)15-16-29(33,37-30)27(4,5)36-28/h11,20-21,23-24,31,33H,1,7-10,12-18H2,2-6H3/t20-,21?,23+,24+,28+,29+,30+/m1/s1. The minimum Gasteiger partial charge on any atom is -0.459 e. The van der Waals surface area contributed by atoms with Crippen LogP contribution in [0.4, 0.5) is 0 Å². The van der Waals surface area contributed by atoms with Crippen molar-refractivity contribution >= 4 is 5.97 Å². The van der Waals surface area contributed by atoms with E-state index in [0.29, 0.717) is 36.9 Å². The van der Waals surface area contributed by atoms with Crippen LogP contribution in [0.5, 0.6) is 0 Å². The highest BCUT2D eigenvalue weighted by molar-refractivity contribution is 5.91. The molecule has 5 aliphatic heterocycles. The number of hydrogen-bond donors (Lipinski definition) is 2. The maximum atomic E-state index is 12.0. The predicted molar refractivity (Wildman–Crippen MR) is 138 cm³/mol. The van der Waals surface area contributed by atoms with Gasteiger partial charge in [0, 0.05) is 12.8 Å². The fourth-order valence-corrected chi connectivity index (χ4v) is 7.82. The van der Waals surface area contributed by atoms with Crippen LogP contribution in [-0.2, 0) is 23.7 Å². The van der Waals surface area contributed by atoms with Gasteiger partial charge in [-0.2, -0.15) is 0 Å². The molecule has 1 unspecified atom stereocenters. The molecule has 6 rings (SSSR count). The number of allylic oxidation sites excluding steroid dienone is 2. The highest BCUT2D eigenvalue weighted by atomic mass is 16.8. The number of carbonyl (C=O) groups excluding carboxylic acids is 1. The summed E-state index contributed by atoms with van der Waals surface area (Å²) in [6, 6.07) is 0. The monoisotopic (exact) mass is 518 g/mol. The molecule has 2 N–H and O–H groups in total. The van der Waals surface area contributed by atoms with Gasteiger partial charge >= 0.3 is 5.97 Å². The quantitative estimate of drug-likeness (QED) is 0.307. The summed E-state index contributed by atoms with van der Waals surface area (Å²) in [5, 5.41) is 21.3. The van der Waals surface area contributed by atoms with Crippen LogP contribution in [0.25, 0.3) is 0 Å². The van der Waals surface area contributed by atoms with Crippen LogP contribution in [0.3, 0.4) is 0 Å². The first kappa shape index (κ1) is 27.3. The summed E-state index contributed by atoms with van der Waals surface area (Å²) in [7, 11) is 0. The Morgan fingerprint density at radius 2 is 1.78 bits per heavy atom. The second-order valence-corrected chi connectivity index (χ2v) is 13.6. The van der Waals surface area contributed by atoms with Crippen LogP contribution >= 0.6 is 0 Å². The summed E-state index contributed by atoms with van der Waals surface area (Å²) in [6.45, 7) is 15.6. The maximum Gasteiger partial charge on any atom is 0.336 e. The van der Waals surface area contributed by atoms with E-state index in [4.69, 9.17) is 18.9 Å². The van der Waals surface area contributed by atoms with Gasteiger partial charge in [0.25, 0.3) is 0 Å². The van der Waals surface area contributed by atoms with Gasteiger partial charge in [-0.1, -0.05) is 32.1 Å². The lowest BCUT2D eigenvalue weighted by molar-refractivity contribution is -0.522. The number of aliphatic hydroxyl groups is 2. The van der Waals surface area contributed by atoms with Crippen molar-refractivity contribution < 1.29 is 34.0 Å². The number of esters is 1. The Morgan fingerprint density at radius 1 is 1.03 bits per heavy atom. The van der Waals surface area contributed by atoms with Crippen LogP contribution in [0.2, 0.25) is 0 Å². The minimum atomic E-state index is -1.32. The van der Waals surface area contributed by atoms with Crippen molar-refractivity contribution in [3.05, 3.63) is 23.8 Å². The predicted octanol–water partition coefficient (Wildman–Crippen LogP) is 4.80. The normalized spacial score (nSPS) is 46.0. The molecule has 1 saturated carbocycles. The van der Waals surface area contributed by atoms with E-state index < -0.39 is 34.8 Å². The summed E-state index contributed by atoms with van der Waals surface area (Å²) >= 11 is 0. The third-order valence-corrected chi connectivity index (χ3v) is 10.7. The molecule has 6 fully saturated rings. The molecule has 0 aromatic heterocycles. The van der Waals surface area contributed by atoms with Crippen molar-refractivity contribution in [2.75, 3.05) is 13.2 Å². The minimum absolute atomic E-state index is 0.0401. The van der Waals surface area contributed by atoms with Crippen molar-refractivity contribution in [1.29, 1.82) is 0 Å². The third-order valence-electron chi connectivity index (χ3n) is 10.7. The maximum absolute atomic E-state index is 12.0. The van der Waals surface area contributed by atoms with Crippen LogP contribution in [-0.4, -0.2) is 58.3 Å². The first-order valence-electron chi connectivity index (χ1n) is 14.2. The molecule has 0 radical (unpaired) electrons. The topological polar surface area (TPSA) is 94.5 Å². The lowest BCUT2D eigenvalue weighted by Crippen LogP contribution is -2.78. The Labute approximate surface area is 221 Å². The van der Waals surface area contributed by atoms with Gasteiger partial charge in [-0.15, -0.1) is 0 Å². The number of fused-ring (bicyclic) bond motifs is 2. The van der Waals surface area contributed by atoms with E-state index in [-0.39, 0.29) is 17.9 Å². The molecular formula is C30H46O7. The Balaban J connectivity index is 1.19. The van der Waals surface area contributed by atoms with E-state index in [1.165, 1.54) is 5.57 Å². The number of hydrogen-bond acceptors (Lipinski definition) is 7. The molecule has 5 saturated heterocycles. The highest BCUT2D eigenvalue weighted by Gasteiger charge is 2.71. The van der Waals surface area contributed by atoms with Crippen LogP contribution in [0.15, 0.2) is 23.8 Å². The molecule has 0 amide bonds. The third kappa shape index (κ3) is 4.43. The summed E-state index contributed by atoms with van der Waals surface area (Å²) < 4.78 is 24.2. The first-order valence-corrected chi connectivity index (χ1v) is 14.2. The molecule has 7 atom stereocenters. The van der Waals surface area contributed by atoms with Crippen molar-refractivity contribution in [2.24, 2.45) is 23.2 Å². The summed E-state index contributed by atoms with van der Waals surface area (Å²) in [6.07, 6.45) is 9.09. The Hall–Kier alpha value is -1.25. The number of ether oxygens (including phenoxy) is 4. The molecule has 5 heterocycles. The lowest BCUT2D eigenvalue weighted by Gasteiger charge is -2.66. The zero-order valence-electron chi connectivity index (χ0n) is 23.3. The fourth-order valence-electron chi connectivity index (χ4n) is 7.82. The van der Waals surface area contributed by atoms with Crippen molar-refractivity contribution in [3.63, 3.8) is 0 Å². The van der Waals surface area contributed by atoms with Crippen molar-refractivity contribution in [1.82, 2.24) is 0 Å². The van der Waals surface area contributed by atoms with E-state index in [0.717, 1.165) is 44.9 Å². The largest absolute Gasteiger partial charge is 0.459 e. The fraction of sp³-hybridized carbons (Fsp3) is 0.833. The molecule has 7 nitrogen and oxygen atoms in total. The number of carbonyl (C=O) groups is 1. The van der Waals surface area contributed by atoms with Gasteiger partial charge in [0.15, 0.2) is 5.79 Å². The number of rotatable bonds is 5. The second kappa shape index (κ2) is 9.16. The van der Waals surface area contributed by atoms with Gasteiger partial charge in [-0.3, -0.25) is 0 Å². The van der Waals surface area contributed by atoms with E-state index in [1.807, 2.05) is 19.9 Å². The van der Waals surface area contributed by atoms with Gasteiger partial charge in [0.2, 0.25) is 5.79 Å². The zero-order valence-corrected chi connectivity index (χ0v) is 23.3. The molecule has 37 heavy (non-hydrogen) atoms. The summed E-state index contributed by atoms with van der Waals surface area (Å²) in [5.41, 5.74) is 0.353. The first-order chi connectivity index (χ1) is 17.2. The van der Waals surface area contributed by atoms with Crippen molar-refractivity contribution in [2.45, 2.75) is 121 Å². The second-order valence-electron chi connectivity index (χ2n) is 13.6. The highest BCUT2D eigenvalue weighted by Crippen LogP contribution is 2.59. The van der Waals surface area contributed by atoms with E-state index >= 15 is 0 Å². The SMILES string of the molecule is C=C1CCC(CC[C@@H]2CC[C@]3(OC2)O[C@@]2(O)CC[C@]3(C)OC2(C)C)C(C)(C)[C@H]1CC=C1C(=O)OC[C@@H]1O. The molecular weight excluding hydrogens is 472 g/mol. The molecule has 0 aromatic carbocycles. The Kier molecular flexibility index (Phi) is 6.76. The average Bonchev–Trinajstić information content (AvgIpc) is 3.13. The smallest absolute Gasteiger partial charge is 0.336 e.